The van der Waals surface area contributed by atoms with Crippen LogP contribution >= 0.6 is 11.3 Å². The molecule has 0 saturated heterocycles. The maximum absolute atomic E-state index is 13.0. The van der Waals surface area contributed by atoms with Crippen molar-refractivity contribution in [2.45, 2.75) is 0 Å². The van der Waals surface area contributed by atoms with E-state index < -0.39 is 0 Å². The fourth-order valence-corrected chi connectivity index (χ4v) is 3.07. The molecule has 1 aliphatic rings. The molecule has 1 aromatic heterocycles. The SMILES string of the molecule is O=C(/C=C\c1ccc2c(c1)OCO2)Nc1nnc(-c2ccc(F)cc2)s1. The zero-order chi connectivity index (χ0) is 17.9. The Hall–Kier alpha value is -3.26. The van der Waals surface area contributed by atoms with Crippen LogP contribution in [0.5, 0.6) is 11.5 Å². The minimum atomic E-state index is -0.329. The van der Waals surface area contributed by atoms with Gasteiger partial charge < -0.3 is 9.47 Å². The van der Waals surface area contributed by atoms with Gasteiger partial charge in [-0.05, 0) is 48.0 Å². The molecule has 26 heavy (non-hydrogen) atoms. The molecule has 2 aromatic carbocycles. The maximum atomic E-state index is 13.0. The van der Waals surface area contributed by atoms with Crippen LogP contribution in [0.3, 0.4) is 0 Å². The van der Waals surface area contributed by atoms with Crippen molar-refractivity contribution in [1.29, 1.82) is 0 Å². The zero-order valence-corrected chi connectivity index (χ0v) is 14.1. The molecule has 1 N–H and O–H groups in total. The number of nitrogens with zero attached hydrogens (tertiary/aromatic N) is 2. The number of amides is 1. The third kappa shape index (κ3) is 3.55. The molecule has 0 atom stereocenters. The Morgan fingerprint density at radius 1 is 1.12 bits per heavy atom. The molecular formula is C18H12FN3O3S. The van der Waals surface area contributed by atoms with E-state index in [-0.39, 0.29) is 18.5 Å². The van der Waals surface area contributed by atoms with Gasteiger partial charge in [0.25, 0.3) is 0 Å². The van der Waals surface area contributed by atoms with Gasteiger partial charge in [-0.25, -0.2) is 4.39 Å². The summed E-state index contributed by atoms with van der Waals surface area (Å²) >= 11 is 1.21. The molecule has 8 heteroatoms. The summed E-state index contributed by atoms with van der Waals surface area (Å²) in [5, 5.41) is 11.6. The molecule has 6 nitrogen and oxygen atoms in total. The topological polar surface area (TPSA) is 73.3 Å². The van der Waals surface area contributed by atoms with Gasteiger partial charge in [0.1, 0.15) is 10.8 Å². The first-order valence-corrected chi connectivity index (χ1v) is 8.47. The standard InChI is InChI=1S/C18H12FN3O3S/c19-13-5-3-12(4-6-13)17-21-22-18(26-17)20-16(23)8-2-11-1-7-14-15(9-11)25-10-24-14/h1-9H,10H2,(H,20,22,23)/b8-2-. The predicted molar refractivity (Wildman–Crippen MR) is 95.5 cm³/mol. The number of nitrogens with one attached hydrogen (secondary N) is 1. The van der Waals surface area contributed by atoms with Gasteiger partial charge in [-0.2, -0.15) is 0 Å². The lowest BCUT2D eigenvalue weighted by atomic mass is 10.2. The molecule has 0 unspecified atom stereocenters. The smallest absolute Gasteiger partial charge is 0.250 e. The van der Waals surface area contributed by atoms with Crippen LogP contribution in [0.1, 0.15) is 5.56 Å². The van der Waals surface area contributed by atoms with Crippen molar-refractivity contribution in [2.75, 3.05) is 12.1 Å². The van der Waals surface area contributed by atoms with Gasteiger partial charge in [-0.1, -0.05) is 17.4 Å². The van der Waals surface area contributed by atoms with Crippen molar-refractivity contribution in [2.24, 2.45) is 0 Å². The molecule has 1 amide bonds. The molecule has 0 fully saturated rings. The average molecular weight is 369 g/mol. The van der Waals surface area contributed by atoms with Crippen molar-refractivity contribution >= 4 is 28.5 Å². The number of benzene rings is 2. The lowest BCUT2D eigenvalue weighted by Gasteiger charge is -1.98. The molecule has 0 aliphatic carbocycles. The molecule has 0 spiro atoms. The summed E-state index contributed by atoms with van der Waals surface area (Å²) in [5.41, 5.74) is 1.55. The number of halogens is 1. The van der Waals surface area contributed by atoms with Crippen molar-refractivity contribution in [1.82, 2.24) is 10.2 Å². The van der Waals surface area contributed by atoms with Gasteiger partial charge >= 0.3 is 0 Å². The lowest BCUT2D eigenvalue weighted by Crippen LogP contribution is -2.07. The number of fused-ring (bicyclic) bond motifs is 1. The second-order valence-corrected chi connectivity index (χ2v) is 6.33. The van der Waals surface area contributed by atoms with Gasteiger partial charge in [0.2, 0.25) is 17.8 Å². The monoisotopic (exact) mass is 369 g/mol. The van der Waals surface area contributed by atoms with Crippen LogP contribution < -0.4 is 14.8 Å². The highest BCUT2D eigenvalue weighted by atomic mass is 32.1. The molecule has 1 aliphatic heterocycles. The highest BCUT2D eigenvalue weighted by Gasteiger charge is 2.12. The van der Waals surface area contributed by atoms with Crippen LogP contribution in [-0.4, -0.2) is 22.9 Å². The highest BCUT2D eigenvalue weighted by molar-refractivity contribution is 7.18. The first kappa shape index (κ1) is 16.2. The highest BCUT2D eigenvalue weighted by Crippen LogP contribution is 2.32. The second kappa shape index (κ2) is 6.93. The summed E-state index contributed by atoms with van der Waals surface area (Å²) in [5.74, 6) is 0.694. The number of aromatic nitrogens is 2. The van der Waals surface area contributed by atoms with Crippen LogP contribution in [0.25, 0.3) is 16.6 Å². The van der Waals surface area contributed by atoms with Crippen LogP contribution in [-0.2, 0) is 4.79 Å². The lowest BCUT2D eigenvalue weighted by molar-refractivity contribution is -0.111. The summed E-state index contributed by atoms with van der Waals surface area (Å²) in [7, 11) is 0. The van der Waals surface area contributed by atoms with Crippen molar-refractivity contribution in [3.8, 4) is 22.1 Å². The van der Waals surface area contributed by atoms with Crippen molar-refractivity contribution in [3.05, 3.63) is 59.9 Å². The normalized spacial score (nSPS) is 12.5. The minimum Gasteiger partial charge on any atom is -0.454 e. The average Bonchev–Trinajstić information content (AvgIpc) is 3.29. The number of ether oxygens (including phenoxy) is 2. The van der Waals surface area contributed by atoms with Crippen LogP contribution in [0.15, 0.2) is 48.5 Å². The Kier molecular flexibility index (Phi) is 4.32. The summed E-state index contributed by atoms with van der Waals surface area (Å²) in [6.45, 7) is 0.205. The molecule has 0 radical (unpaired) electrons. The zero-order valence-electron chi connectivity index (χ0n) is 13.3. The van der Waals surface area contributed by atoms with E-state index in [0.717, 1.165) is 11.1 Å². The van der Waals surface area contributed by atoms with Gasteiger partial charge in [-0.3, -0.25) is 10.1 Å². The Morgan fingerprint density at radius 3 is 2.77 bits per heavy atom. The Morgan fingerprint density at radius 2 is 1.92 bits per heavy atom. The first-order chi connectivity index (χ1) is 12.7. The maximum Gasteiger partial charge on any atom is 0.250 e. The summed E-state index contributed by atoms with van der Waals surface area (Å²) in [6.07, 6.45) is 3.07. The number of rotatable bonds is 4. The number of carbonyl (C=O) groups excluding carboxylic acids is 1. The van der Waals surface area contributed by atoms with E-state index >= 15 is 0 Å². The van der Waals surface area contributed by atoms with E-state index in [2.05, 4.69) is 15.5 Å². The second-order valence-electron chi connectivity index (χ2n) is 5.35. The predicted octanol–water partition coefficient (Wildman–Crippen LogP) is 3.72. The summed E-state index contributed by atoms with van der Waals surface area (Å²) in [4.78, 5) is 12.0. The third-order valence-corrected chi connectivity index (χ3v) is 4.46. The van der Waals surface area contributed by atoms with Crippen molar-refractivity contribution in [3.63, 3.8) is 0 Å². The number of hydrogen-bond donors (Lipinski definition) is 1. The molecule has 2 heterocycles. The van der Waals surface area contributed by atoms with E-state index in [9.17, 15) is 9.18 Å². The molecule has 4 rings (SSSR count). The summed E-state index contributed by atoms with van der Waals surface area (Å²) in [6, 6.07) is 11.3. The van der Waals surface area contributed by atoms with Gasteiger partial charge in [0.05, 0.1) is 0 Å². The quantitative estimate of drug-likeness (QED) is 0.710. The van der Waals surface area contributed by atoms with Gasteiger partial charge in [0.15, 0.2) is 11.5 Å². The van der Waals surface area contributed by atoms with E-state index in [1.54, 1.807) is 30.3 Å². The number of hydrogen-bond acceptors (Lipinski definition) is 6. The molecule has 3 aromatic rings. The Labute approximate surface area is 151 Å². The van der Waals surface area contributed by atoms with E-state index in [1.165, 1.54) is 29.5 Å². The molecular weight excluding hydrogens is 357 g/mol. The number of anilines is 1. The molecule has 0 bridgehead atoms. The molecule has 0 saturated carbocycles. The van der Waals surface area contributed by atoms with Crippen LogP contribution in [0.2, 0.25) is 0 Å². The molecule has 130 valence electrons. The van der Waals surface area contributed by atoms with Crippen LogP contribution in [0, 0.1) is 5.82 Å². The van der Waals surface area contributed by atoms with Gasteiger partial charge in [0, 0.05) is 11.6 Å². The van der Waals surface area contributed by atoms with E-state index in [0.29, 0.717) is 21.6 Å². The first-order valence-electron chi connectivity index (χ1n) is 7.65. The summed E-state index contributed by atoms with van der Waals surface area (Å²) < 4.78 is 23.5. The minimum absolute atomic E-state index is 0.205. The van der Waals surface area contributed by atoms with E-state index in [1.807, 2.05) is 6.07 Å². The third-order valence-electron chi connectivity index (χ3n) is 3.57. The van der Waals surface area contributed by atoms with Gasteiger partial charge in [-0.15, -0.1) is 10.2 Å². The van der Waals surface area contributed by atoms with Crippen LogP contribution in [0.4, 0.5) is 9.52 Å². The van der Waals surface area contributed by atoms with E-state index in [4.69, 9.17) is 9.47 Å². The fourth-order valence-electron chi connectivity index (χ4n) is 2.32. The largest absolute Gasteiger partial charge is 0.454 e. The Bertz CT molecular complexity index is 986. The fraction of sp³-hybridized carbons (Fsp3) is 0.0556. The Balaban J connectivity index is 1.41. The number of carbonyl (C=O) groups is 1. The van der Waals surface area contributed by atoms with Crippen molar-refractivity contribution < 1.29 is 18.7 Å².